The molecule has 0 aliphatic carbocycles. The van der Waals surface area contributed by atoms with Crippen LogP contribution in [0.5, 0.6) is 0 Å². The minimum absolute atomic E-state index is 0.0107. The van der Waals surface area contributed by atoms with Crippen LogP contribution in [0.4, 0.5) is 18.9 Å². The molecule has 1 fully saturated rings. The molecule has 1 aliphatic heterocycles. The first-order valence-corrected chi connectivity index (χ1v) is 7.53. The summed E-state index contributed by atoms with van der Waals surface area (Å²) in [7, 11) is 0. The van der Waals surface area contributed by atoms with Crippen molar-refractivity contribution in [2.75, 3.05) is 11.4 Å². The number of anilines is 1. The SMILES string of the molecule is CCC1CCCCN1c1ccc(C(F)(F)F)cc1C(N)=S. The van der Waals surface area contributed by atoms with Crippen molar-refractivity contribution in [1.82, 2.24) is 0 Å². The van der Waals surface area contributed by atoms with E-state index in [0.717, 1.165) is 50.0 Å². The molecule has 116 valence electrons. The molecule has 21 heavy (non-hydrogen) atoms. The summed E-state index contributed by atoms with van der Waals surface area (Å²) in [5.74, 6) is 0. The Morgan fingerprint density at radius 3 is 2.67 bits per heavy atom. The highest BCUT2D eigenvalue weighted by atomic mass is 32.1. The maximum Gasteiger partial charge on any atom is 0.416 e. The van der Waals surface area contributed by atoms with Crippen molar-refractivity contribution in [1.29, 1.82) is 0 Å². The highest BCUT2D eigenvalue weighted by Crippen LogP contribution is 2.35. The van der Waals surface area contributed by atoms with E-state index in [2.05, 4.69) is 11.8 Å². The van der Waals surface area contributed by atoms with E-state index in [1.54, 1.807) is 0 Å². The lowest BCUT2D eigenvalue weighted by Gasteiger charge is -2.38. The third-order valence-electron chi connectivity index (χ3n) is 4.00. The summed E-state index contributed by atoms with van der Waals surface area (Å²) in [6, 6.07) is 4.02. The van der Waals surface area contributed by atoms with E-state index >= 15 is 0 Å². The fraction of sp³-hybridized carbons (Fsp3) is 0.533. The molecule has 1 aliphatic rings. The van der Waals surface area contributed by atoms with Gasteiger partial charge in [-0.1, -0.05) is 19.1 Å². The van der Waals surface area contributed by atoms with Crippen LogP contribution in [0.15, 0.2) is 18.2 Å². The second kappa shape index (κ2) is 6.22. The maximum atomic E-state index is 12.9. The summed E-state index contributed by atoms with van der Waals surface area (Å²) >= 11 is 4.96. The molecule has 6 heteroatoms. The van der Waals surface area contributed by atoms with Crippen LogP contribution in [0.1, 0.15) is 43.7 Å². The number of benzene rings is 1. The minimum Gasteiger partial charge on any atom is -0.389 e. The number of hydrogen-bond donors (Lipinski definition) is 1. The molecular weight excluding hydrogens is 297 g/mol. The van der Waals surface area contributed by atoms with Gasteiger partial charge in [0.25, 0.3) is 0 Å². The molecule has 0 radical (unpaired) electrons. The van der Waals surface area contributed by atoms with Gasteiger partial charge in [-0.3, -0.25) is 0 Å². The Labute approximate surface area is 128 Å². The molecular formula is C15H19F3N2S. The lowest BCUT2D eigenvalue weighted by molar-refractivity contribution is -0.137. The monoisotopic (exact) mass is 316 g/mol. The summed E-state index contributed by atoms with van der Waals surface area (Å²) < 4.78 is 38.6. The molecule has 1 heterocycles. The number of nitrogens with zero attached hydrogens (tertiary/aromatic N) is 1. The second-order valence-electron chi connectivity index (χ2n) is 5.35. The summed E-state index contributed by atoms with van der Waals surface area (Å²) in [4.78, 5) is 2.16. The summed E-state index contributed by atoms with van der Waals surface area (Å²) in [6.07, 6.45) is -0.192. The van der Waals surface area contributed by atoms with E-state index in [0.29, 0.717) is 11.6 Å². The molecule has 2 nitrogen and oxygen atoms in total. The number of rotatable bonds is 3. The van der Waals surface area contributed by atoms with Crippen LogP contribution in [0, 0.1) is 0 Å². The van der Waals surface area contributed by atoms with Crippen molar-refractivity contribution in [2.45, 2.75) is 44.8 Å². The molecule has 1 aromatic carbocycles. The Balaban J connectivity index is 2.45. The lowest BCUT2D eigenvalue weighted by Crippen LogP contribution is -2.40. The van der Waals surface area contributed by atoms with Gasteiger partial charge in [-0.05, 0) is 43.9 Å². The normalized spacial score (nSPS) is 19.6. The first-order valence-electron chi connectivity index (χ1n) is 7.12. The third-order valence-corrected chi connectivity index (χ3v) is 4.22. The number of nitrogens with two attached hydrogens (primary N) is 1. The number of thiocarbonyl (C=S) groups is 1. The van der Waals surface area contributed by atoms with Gasteiger partial charge in [-0.15, -0.1) is 0 Å². The quantitative estimate of drug-likeness (QED) is 0.851. The second-order valence-corrected chi connectivity index (χ2v) is 5.79. The molecule has 0 bridgehead atoms. The highest BCUT2D eigenvalue weighted by molar-refractivity contribution is 7.80. The fourth-order valence-corrected chi connectivity index (χ4v) is 3.07. The zero-order chi connectivity index (χ0) is 15.6. The Morgan fingerprint density at radius 2 is 2.10 bits per heavy atom. The van der Waals surface area contributed by atoms with Gasteiger partial charge in [-0.25, -0.2) is 0 Å². The molecule has 0 amide bonds. The van der Waals surface area contributed by atoms with Crippen LogP contribution >= 0.6 is 12.2 Å². The van der Waals surface area contributed by atoms with E-state index in [9.17, 15) is 13.2 Å². The fourth-order valence-electron chi connectivity index (χ4n) is 2.90. The molecule has 1 atom stereocenters. The molecule has 1 unspecified atom stereocenters. The van der Waals surface area contributed by atoms with Crippen LogP contribution in [-0.2, 0) is 6.18 Å². The highest BCUT2D eigenvalue weighted by Gasteiger charge is 2.32. The minimum atomic E-state index is -4.38. The van der Waals surface area contributed by atoms with Crippen LogP contribution in [0.2, 0.25) is 0 Å². The van der Waals surface area contributed by atoms with Crippen molar-refractivity contribution >= 4 is 22.9 Å². The summed E-state index contributed by atoms with van der Waals surface area (Å²) in [6.45, 7) is 2.92. The van der Waals surface area contributed by atoms with Gasteiger partial charge in [0.05, 0.1) is 5.56 Å². The summed E-state index contributed by atoms with van der Waals surface area (Å²) in [5.41, 5.74) is 5.99. The Morgan fingerprint density at radius 1 is 1.38 bits per heavy atom. The van der Waals surface area contributed by atoms with Gasteiger partial charge in [0.2, 0.25) is 0 Å². The van der Waals surface area contributed by atoms with Crippen molar-refractivity contribution in [3.05, 3.63) is 29.3 Å². The largest absolute Gasteiger partial charge is 0.416 e. The van der Waals surface area contributed by atoms with Crippen LogP contribution in [0.3, 0.4) is 0 Å². The van der Waals surface area contributed by atoms with E-state index in [-0.39, 0.29) is 4.99 Å². The molecule has 0 aromatic heterocycles. The predicted molar refractivity (Wildman–Crippen MR) is 82.6 cm³/mol. The zero-order valence-corrected chi connectivity index (χ0v) is 12.7. The van der Waals surface area contributed by atoms with Crippen molar-refractivity contribution in [3.63, 3.8) is 0 Å². The average Bonchev–Trinajstić information content (AvgIpc) is 2.45. The van der Waals surface area contributed by atoms with Crippen molar-refractivity contribution < 1.29 is 13.2 Å². The third kappa shape index (κ3) is 3.48. The Bertz CT molecular complexity index is 528. The van der Waals surface area contributed by atoms with Gasteiger partial charge < -0.3 is 10.6 Å². The topological polar surface area (TPSA) is 29.3 Å². The Kier molecular flexibility index (Phi) is 4.76. The number of alkyl halides is 3. The van der Waals surface area contributed by atoms with Crippen LogP contribution in [0.25, 0.3) is 0 Å². The van der Waals surface area contributed by atoms with E-state index in [1.807, 2.05) is 0 Å². The molecule has 2 rings (SSSR count). The smallest absolute Gasteiger partial charge is 0.389 e. The molecule has 0 saturated carbocycles. The van der Waals surface area contributed by atoms with Crippen LogP contribution in [-0.4, -0.2) is 17.6 Å². The van der Waals surface area contributed by atoms with Crippen molar-refractivity contribution in [2.24, 2.45) is 5.73 Å². The average molecular weight is 316 g/mol. The Hall–Kier alpha value is -1.30. The summed E-state index contributed by atoms with van der Waals surface area (Å²) in [5, 5.41) is 0. The maximum absolute atomic E-state index is 12.9. The molecule has 2 N–H and O–H groups in total. The number of hydrogen-bond acceptors (Lipinski definition) is 2. The molecule has 1 saturated heterocycles. The van der Waals surface area contributed by atoms with Gasteiger partial charge in [0.1, 0.15) is 4.99 Å². The first-order chi connectivity index (χ1) is 9.84. The van der Waals surface area contributed by atoms with Gasteiger partial charge >= 0.3 is 6.18 Å². The van der Waals surface area contributed by atoms with E-state index < -0.39 is 11.7 Å². The zero-order valence-electron chi connectivity index (χ0n) is 11.9. The van der Waals surface area contributed by atoms with Gasteiger partial charge in [-0.2, -0.15) is 13.2 Å². The first kappa shape index (κ1) is 16.1. The number of piperidine rings is 1. The number of halogens is 3. The molecule has 0 spiro atoms. The van der Waals surface area contributed by atoms with Crippen molar-refractivity contribution in [3.8, 4) is 0 Å². The van der Waals surface area contributed by atoms with Gasteiger partial charge in [0.15, 0.2) is 0 Å². The van der Waals surface area contributed by atoms with E-state index in [4.69, 9.17) is 18.0 Å². The van der Waals surface area contributed by atoms with E-state index in [1.165, 1.54) is 6.07 Å². The lowest BCUT2D eigenvalue weighted by atomic mass is 9.97. The standard InChI is InChI=1S/C15H19F3N2S/c1-2-11-5-3-4-8-20(11)13-7-6-10(15(16,17)18)9-12(13)14(19)21/h6-7,9,11H,2-5,8H2,1H3,(H2,19,21). The van der Waals surface area contributed by atoms with Crippen LogP contribution < -0.4 is 10.6 Å². The molecule has 1 aromatic rings. The van der Waals surface area contributed by atoms with Gasteiger partial charge in [0, 0.05) is 23.8 Å². The predicted octanol–water partition coefficient (Wildman–Crippen LogP) is 4.11.